The van der Waals surface area contributed by atoms with Gasteiger partial charge in [0.25, 0.3) is 0 Å². The van der Waals surface area contributed by atoms with Crippen LogP contribution in [0.25, 0.3) is 0 Å². The van der Waals surface area contributed by atoms with E-state index in [9.17, 15) is 4.79 Å². The van der Waals surface area contributed by atoms with Crippen LogP contribution in [-0.4, -0.2) is 43.0 Å². The Balaban J connectivity index is 4.29. The number of carbonyl (C=O) groups excluding carboxylic acids is 1. The summed E-state index contributed by atoms with van der Waals surface area (Å²) in [6.07, 6.45) is 0. The number of carbonyl (C=O) groups is 1. The average Bonchev–Trinajstić information content (AvgIpc) is 2.11. The number of rotatable bonds is 4. The van der Waals surface area contributed by atoms with Crippen LogP contribution in [0, 0.1) is 5.41 Å². The largest absolute Gasteiger partial charge is 0.353 e. The molecular formula is C12H27N3O. The summed E-state index contributed by atoms with van der Waals surface area (Å²) in [7, 11) is 3.99. The van der Waals surface area contributed by atoms with Crippen molar-refractivity contribution in [1.29, 1.82) is 0 Å². The first-order chi connectivity index (χ1) is 6.98. The molecule has 4 nitrogen and oxygen atoms in total. The van der Waals surface area contributed by atoms with E-state index >= 15 is 0 Å². The normalized spacial score (nSPS) is 15.1. The summed E-state index contributed by atoms with van der Waals surface area (Å²) in [5.74, 6) is -0.0811. The van der Waals surface area contributed by atoms with Gasteiger partial charge in [-0.3, -0.25) is 4.79 Å². The molecule has 4 heteroatoms. The zero-order chi connectivity index (χ0) is 13.1. The second-order valence-electron chi connectivity index (χ2n) is 6.27. The molecule has 0 spiro atoms. The fourth-order valence-corrected chi connectivity index (χ4v) is 0.965. The SMILES string of the molecule is CN(C)C(C)(C)CNC(=O)[C@H](N)C(C)(C)C. The third-order valence-corrected chi connectivity index (χ3v) is 3.12. The molecule has 0 fully saturated rings. The first kappa shape index (κ1) is 15.4. The Kier molecular flexibility index (Phi) is 4.95. The van der Waals surface area contributed by atoms with Gasteiger partial charge in [0.15, 0.2) is 0 Å². The van der Waals surface area contributed by atoms with Gasteiger partial charge in [-0.1, -0.05) is 20.8 Å². The van der Waals surface area contributed by atoms with Crippen LogP contribution in [0.1, 0.15) is 34.6 Å². The maximum atomic E-state index is 11.8. The molecule has 0 saturated carbocycles. The average molecular weight is 229 g/mol. The molecule has 0 aromatic rings. The maximum absolute atomic E-state index is 11.8. The summed E-state index contributed by atoms with van der Waals surface area (Å²) < 4.78 is 0. The summed E-state index contributed by atoms with van der Waals surface area (Å²) >= 11 is 0. The van der Waals surface area contributed by atoms with E-state index in [-0.39, 0.29) is 16.9 Å². The molecular weight excluding hydrogens is 202 g/mol. The third kappa shape index (κ3) is 4.49. The highest BCUT2D eigenvalue weighted by atomic mass is 16.2. The van der Waals surface area contributed by atoms with Crippen LogP contribution < -0.4 is 11.1 Å². The van der Waals surface area contributed by atoms with E-state index in [1.807, 2.05) is 34.9 Å². The Hall–Kier alpha value is -0.610. The zero-order valence-electron chi connectivity index (χ0n) is 11.7. The van der Waals surface area contributed by atoms with Gasteiger partial charge in [0.05, 0.1) is 6.04 Å². The van der Waals surface area contributed by atoms with Crippen molar-refractivity contribution in [3.63, 3.8) is 0 Å². The van der Waals surface area contributed by atoms with Crippen molar-refractivity contribution in [2.75, 3.05) is 20.6 Å². The molecule has 0 aliphatic rings. The van der Waals surface area contributed by atoms with Gasteiger partial charge < -0.3 is 16.0 Å². The quantitative estimate of drug-likeness (QED) is 0.750. The Morgan fingerprint density at radius 1 is 1.25 bits per heavy atom. The van der Waals surface area contributed by atoms with E-state index < -0.39 is 6.04 Å². The third-order valence-electron chi connectivity index (χ3n) is 3.12. The van der Waals surface area contributed by atoms with Crippen LogP contribution in [0.4, 0.5) is 0 Å². The van der Waals surface area contributed by atoms with E-state index in [0.29, 0.717) is 6.54 Å². The topological polar surface area (TPSA) is 58.4 Å². The van der Waals surface area contributed by atoms with Gasteiger partial charge in [-0.2, -0.15) is 0 Å². The molecule has 0 unspecified atom stereocenters. The maximum Gasteiger partial charge on any atom is 0.237 e. The summed E-state index contributed by atoms with van der Waals surface area (Å²) in [6, 6.07) is -0.467. The lowest BCUT2D eigenvalue weighted by molar-refractivity contribution is -0.125. The molecule has 0 aromatic carbocycles. The number of hydrogen-bond acceptors (Lipinski definition) is 3. The van der Waals surface area contributed by atoms with Gasteiger partial charge in [-0.15, -0.1) is 0 Å². The second kappa shape index (κ2) is 5.15. The molecule has 0 aromatic heterocycles. The van der Waals surface area contributed by atoms with Crippen LogP contribution >= 0.6 is 0 Å². The van der Waals surface area contributed by atoms with E-state index in [2.05, 4.69) is 24.1 Å². The summed E-state index contributed by atoms with van der Waals surface area (Å²) in [4.78, 5) is 13.9. The van der Waals surface area contributed by atoms with Crippen molar-refractivity contribution < 1.29 is 4.79 Å². The van der Waals surface area contributed by atoms with Gasteiger partial charge in [0.2, 0.25) is 5.91 Å². The lowest BCUT2D eigenvalue weighted by Gasteiger charge is -2.34. The molecule has 3 N–H and O–H groups in total. The predicted octanol–water partition coefficient (Wildman–Crippen LogP) is 0.816. The number of likely N-dealkylation sites (N-methyl/N-ethyl adjacent to an activating group) is 1. The summed E-state index contributed by atoms with van der Waals surface area (Å²) in [5, 5.41) is 2.90. The smallest absolute Gasteiger partial charge is 0.237 e. The molecule has 0 bridgehead atoms. The fraction of sp³-hybridized carbons (Fsp3) is 0.917. The molecule has 0 heterocycles. The molecule has 0 radical (unpaired) electrons. The highest BCUT2D eigenvalue weighted by molar-refractivity contribution is 5.82. The molecule has 0 rings (SSSR count). The Morgan fingerprint density at radius 2 is 1.69 bits per heavy atom. The minimum atomic E-state index is -0.467. The van der Waals surface area contributed by atoms with Gasteiger partial charge in [-0.25, -0.2) is 0 Å². The second-order valence-corrected chi connectivity index (χ2v) is 6.27. The van der Waals surface area contributed by atoms with E-state index in [1.54, 1.807) is 0 Å². The Bertz CT molecular complexity index is 241. The van der Waals surface area contributed by atoms with Crippen molar-refractivity contribution in [3.8, 4) is 0 Å². The van der Waals surface area contributed by atoms with Crippen molar-refractivity contribution in [2.24, 2.45) is 11.1 Å². The molecule has 16 heavy (non-hydrogen) atoms. The Labute approximate surface area is 99.6 Å². The lowest BCUT2D eigenvalue weighted by Crippen LogP contribution is -2.54. The molecule has 96 valence electrons. The van der Waals surface area contributed by atoms with Crippen molar-refractivity contribution in [2.45, 2.75) is 46.2 Å². The number of nitrogens with two attached hydrogens (primary N) is 1. The molecule has 1 atom stereocenters. The predicted molar refractivity (Wildman–Crippen MR) is 68.2 cm³/mol. The van der Waals surface area contributed by atoms with Gasteiger partial charge in [0, 0.05) is 12.1 Å². The standard InChI is InChI=1S/C12H27N3O/c1-11(2,3)9(13)10(16)14-8-12(4,5)15(6)7/h9H,8,13H2,1-7H3,(H,14,16)/t9-/m0/s1. The number of amides is 1. The number of hydrogen-bond donors (Lipinski definition) is 2. The van der Waals surface area contributed by atoms with Crippen molar-refractivity contribution >= 4 is 5.91 Å². The van der Waals surface area contributed by atoms with Crippen molar-refractivity contribution in [1.82, 2.24) is 10.2 Å². The van der Waals surface area contributed by atoms with Crippen LogP contribution in [0.3, 0.4) is 0 Å². The summed E-state index contributed by atoms with van der Waals surface area (Å²) in [5.41, 5.74) is 5.61. The van der Waals surface area contributed by atoms with E-state index in [1.165, 1.54) is 0 Å². The fourth-order valence-electron chi connectivity index (χ4n) is 0.965. The number of nitrogens with one attached hydrogen (secondary N) is 1. The van der Waals surface area contributed by atoms with Crippen LogP contribution in [0.15, 0.2) is 0 Å². The van der Waals surface area contributed by atoms with Gasteiger partial charge in [0.1, 0.15) is 0 Å². The molecule has 0 aliphatic carbocycles. The first-order valence-corrected chi connectivity index (χ1v) is 5.69. The van der Waals surface area contributed by atoms with Crippen LogP contribution in [-0.2, 0) is 4.79 Å². The number of nitrogens with zero attached hydrogens (tertiary/aromatic N) is 1. The van der Waals surface area contributed by atoms with Gasteiger partial charge >= 0.3 is 0 Å². The minimum absolute atomic E-state index is 0.0622. The monoisotopic (exact) mass is 229 g/mol. The first-order valence-electron chi connectivity index (χ1n) is 5.69. The lowest BCUT2D eigenvalue weighted by atomic mass is 9.87. The molecule has 1 amide bonds. The Morgan fingerprint density at radius 3 is 2.00 bits per heavy atom. The highest BCUT2D eigenvalue weighted by Gasteiger charge is 2.29. The highest BCUT2D eigenvalue weighted by Crippen LogP contribution is 2.17. The minimum Gasteiger partial charge on any atom is -0.353 e. The van der Waals surface area contributed by atoms with E-state index in [0.717, 1.165) is 0 Å². The zero-order valence-corrected chi connectivity index (χ0v) is 11.7. The summed E-state index contributed by atoms with van der Waals surface area (Å²) in [6.45, 7) is 10.7. The van der Waals surface area contributed by atoms with Crippen molar-refractivity contribution in [3.05, 3.63) is 0 Å². The molecule has 0 aliphatic heterocycles. The van der Waals surface area contributed by atoms with Crippen LogP contribution in [0.5, 0.6) is 0 Å². The van der Waals surface area contributed by atoms with Gasteiger partial charge in [-0.05, 0) is 33.4 Å². The van der Waals surface area contributed by atoms with E-state index in [4.69, 9.17) is 5.73 Å². The van der Waals surface area contributed by atoms with Crippen LogP contribution in [0.2, 0.25) is 0 Å². The molecule has 0 saturated heterocycles.